The smallest absolute Gasteiger partial charge is 0.131 e. The molecule has 1 unspecified atom stereocenters. The number of hydrogen-bond acceptors (Lipinski definition) is 1. The second-order valence-electron chi connectivity index (χ2n) is 4.64. The summed E-state index contributed by atoms with van der Waals surface area (Å²) in [6.45, 7) is 4.81. The Kier molecular flexibility index (Phi) is 4.73. The SMILES string of the molecule is CCNC(C)c1ccc(F)c(-c2cc(F)ccc2Cl)c1. The molecule has 0 aromatic heterocycles. The zero-order valence-corrected chi connectivity index (χ0v) is 12.1. The van der Waals surface area contributed by atoms with Crippen LogP contribution in [0.3, 0.4) is 0 Å². The van der Waals surface area contributed by atoms with Crippen molar-refractivity contribution in [3.8, 4) is 11.1 Å². The van der Waals surface area contributed by atoms with Crippen LogP contribution in [0.2, 0.25) is 5.02 Å². The molecule has 0 bridgehead atoms. The van der Waals surface area contributed by atoms with Crippen molar-refractivity contribution in [3.05, 3.63) is 58.6 Å². The third-order valence-corrected chi connectivity index (χ3v) is 3.55. The normalized spacial score (nSPS) is 12.4. The maximum atomic E-state index is 14.0. The quantitative estimate of drug-likeness (QED) is 0.841. The topological polar surface area (TPSA) is 12.0 Å². The summed E-state index contributed by atoms with van der Waals surface area (Å²) in [4.78, 5) is 0. The summed E-state index contributed by atoms with van der Waals surface area (Å²) in [5, 5.41) is 3.59. The predicted octanol–water partition coefficient (Wildman–Crippen LogP) is 4.96. The summed E-state index contributed by atoms with van der Waals surface area (Å²) in [5.74, 6) is -0.848. The third kappa shape index (κ3) is 3.17. The molecule has 0 saturated carbocycles. The van der Waals surface area contributed by atoms with E-state index in [1.165, 1.54) is 24.3 Å². The van der Waals surface area contributed by atoms with Crippen LogP contribution < -0.4 is 5.32 Å². The number of halogens is 3. The first-order valence-corrected chi connectivity index (χ1v) is 6.89. The Hall–Kier alpha value is -1.45. The summed E-state index contributed by atoms with van der Waals surface area (Å²) in [6, 6.07) is 8.86. The Morgan fingerprint density at radius 3 is 2.55 bits per heavy atom. The number of hydrogen-bond donors (Lipinski definition) is 1. The number of rotatable bonds is 4. The average Bonchev–Trinajstić information content (AvgIpc) is 2.42. The lowest BCUT2D eigenvalue weighted by atomic mass is 9.99. The molecule has 2 aromatic rings. The van der Waals surface area contributed by atoms with Crippen LogP contribution in [0.25, 0.3) is 11.1 Å². The average molecular weight is 296 g/mol. The molecule has 1 atom stereocenters. The lowest BCUT2D eigenvalue weighted by molar-refractivity contribution is 0.592. The molecule has 0 fully saturated rings. The maximum absolute atomic E-state index is 14.0. The Labute approximate surface area is 122 Å². The molecule has 1 N–H and O–H groups in total. The van der Waals surface area contributed by atoms with Gasteiger partial charge in [-0.3, -0.25) is 0 Å². The first kappa shape index (κ1) is 14.9. The van der Waals surface area contributed by atoms with E-state index in [0.29, 0.717) is 16.1 Å². The van der Waals surface area contributed by atoms with Gasteiger partial charge in [-0.2, -0.15) is 0 Å². The highest BCUT2D eigenvalue weighted by molar-refractivity contribution is 6.33. The van der Waals surface area contributed by atoms with Crippen LogP contribution in [-0.4, -0.2) is 6.54 Å². The van der Waals surface area contributed by atoms with Crippen molar-refractivity contribution >= 4 is 11.6 Å². The third-order valence-electron chi connectivity index (χ3n) is 3.22. The van der Waals surface area contributed by atoms with Crippen LogP contribution in [0.1, 0.15) is 25.5 Å². The van der Waals surface area contributed by atoms with Crippen LogP contribution in [0, 0.1) is 11.6 Å². The summed E-state index contributed by atoms with van der Waals surface area (Å²) >= 11 is 6.05. The summed E-state index contributed by atoms with van der Waals surface area (Å²) in [6.07, 6.45) is 0. The molecule has 0 amide bonds. The highest BCUT2D eigenvalue weighted by atomic mass is 35.5. The van der Waals surface area contributed by atoms with Gasteiger partial charge in [0.05, 0.1) is 0 Å². The Morgan fingerprint density at radius 2 is 1.85 bits per heavy atom. The fourth-order valence-corrected chi connectivity index (χ4v) is 2.37. The van der Waals surface area contributed by atoms with Crippen molar-refractivity contribution < 1.29 is 8.78 Å². The first-order valence-electron chi connectivity index (χ1n) is 6.51. The molecular formula is C16H16ClF2N. The molecule has 20 heavy (non-hydrogen) atoms. The molecule has 0 radical (unpaired) electrons. The predicted molar refractivity (Wildman–Crippen MR) is 78.9 cm³/mol. The van der Waals surface area contributed by atoms with Crippen LogP contribution in [0.5, 0.6) is 0 Å². The lowest BCUT2D eigenvalue weighted by Crippen LogP contribution is -2.17. The summed E-state index contributed by atoms with van der Waals surface area (Å²) in [5.41, 5.74) is 1.62. The molecule has 2 rings (SSSR count). The van der Waals surface area contributed by atoms with Crippen molar-refractivity contribution in [2.75, 3.05) is 6.54 Å². The molecule has 106 valence electrons. The molecule has 0 saturated heterocycles. The zero-order valence-electron chi connectivity index (χ0n) is 11.4. The van der Waals surface area contributed by atoms with Crippen molar-refractivity contribution in [2.24, 2.45) is 0 Å². The van der Waals surface area contributed by atoms with E-state index in [-0.39, 0.29) is 6.04 Å². The van der Waals surface area contributed by atoms with Gasteiger partial charge in [-0.05, 0) is 49.4 Å². The Morgan fingerprint density at radius 1 is 1.10 bits per heavy atom. The van der Waals surface area contributed by atoms with Gasteiger partial charge in [0, 0.05) is 22.2 Å². The van der Waals surface area contributed by atoms with E-state index >= 15 is 0 Å². The number of benzene rings is 2. The van der Waals surface area contributed by atoms with Crippen LogP contribution in [-0.2, 0) is 0 Å². The van der Waals surface area contributed by atoms with E-state index in [2.05, 4.69) is 5.32 Å². The van der Waals surface area contributed by atoms with Gasteiger partial charge in [-0.15, -0.1) is 0 Å². The first-order chi connectivity index (χ1) is 9.52. The van der Waals surface area contributed by atoms with Gasteiger partial charge >= 0.3 is 0 Å². The Bertz CT molecular complexity index is 613. The van der Waals surface area contributed by atoms with E-state index in [4.69, 9.17) is 11.6 Å². The van der Waals surface area contributed by atoms with Crippen molar-refractivity contribution in [3.63, 3.8) is 0 Å². The largest absolute Gasteiger partial charge is 0.310 e. The minimum absolute atomic E-state index is 0.0895. The van der Waals surface area contributed by atoms with Crippen LogP contribution >= 0.6 is 11.6 Å². The van der Waals surface area contributed by atoms with Gasteiger partial charge in [0.2, 0.25) is 0 Å². The van der Waals surface area contributed by atoms with Gasteiger partial charge in [-0.25, -0.2) is 8.78 Å². The van der Waals surface area contributed by atoms with E-state index < -0.39 is 11.6 Å². The van der Waals surface area contributed by atoms with Crippen molar-refractivity contribution in [1.29, 1.82) is 0 Å². The highest BCUT2D eigenvalue weighted by Gasteiger charge is 2.13. The minimum Gasteiger partial charge on any atom is -0.310 e. The second-order valence-corrected chi connectivity index (χ2v) is 5.05. The van der Waals surface area contributed by atoms with Gasteiger partial charge in [-0.1, -0.05) is 24.6 Å². The molecule has 4 heteroatoms. The molecular weight excluding hydrogens is 280 g/mol. The van der Waals surface area contributed by atoms with Gasteiger partial charge in [0.25, 0.3) is 0 Å². The van der Waals surface area contributed by atoms with Gasteiger partial charge in [0.1, 0.15) is 11.6 Å². The van der Waals surface area contributed by atoms with Gasteiger partial charge < -0.3 is 5.32 Å². The van der Waals surface area contributed by atoms with E-state index in [0.717, 1.165) is 12.1 Å². The van der Waals surface area contributed by atoms with E-state index in [9.17, 15) is 8.78 Å². The number of nitrogens with one attached hydrogen (secondary N) is 1. The molecule has 1 nitrogen and oxygen atoms in total. The fourth-order valence-electron chi connectivity index (χ4n) is 2.15. The van der Waals surface area contributed by atoms with Crippen molar-refractivity contribution in [1.82, 2.24) is 5.32 Å². The molecule has 0 aliphatic carbocycles. The maximum Gasteiger partial charge on any atom is 0.131 e. The van der Waals surface area contributed by atoms with E-state index in [1.807, 2.05) is 13.8 Å². The van der Waals surface area contributed by atoms with Crippen LogP contribution in [0.4, 0.5) is 8.78 Å². The molecule has 2 aromatic carbocycles. The van der Waals surface area contributed by atoms with Crippen molar-refractivity contribution in [2.45, 2.75) is 19.9 Å². The summed E-state index contributed by atoms with van der Waals surface area (Å²) < 4.78 is 27.4. The standard InChI is InChI=1S/C16H16ClF2N/c1-3-20-10(2)11-4-7-16(19)14(8-11)13-9-12(18)5-6-15(13)17/h4-10,20H,3H2,1-2H3. The van der Waals surface area contributed by atoms with E-state index in [1.54, 1.807) is 12.1 Å². The molecule has 0 spiro atoms. The van der Waals surface area contributed by atoms with Crippen LogP contribution in [0.15, 0.2) is 36.4 Å². The highest BCUT2D eigenvalue weighted by Crippen LogP contribution is 2.32. The second kappa shape index (κ2) is 6.33. The fraction of sp³-hybridized carbons (Fsp3) is 0.250. The Balaban J connectivity index is 2.50. The monoisotopic (exact) mass is 295 g/mol. The minimum atomic E-state index is -0.436. The lowest BCUT2D eigenvalue weighted by Gasteiger charge is -2.15. The molecule has 0 heterocycles. The summed E-state index contributed by atoms with van der Waals surface area (Å²) in [7, 11) is 0. The molecule has 0 aliphatic heterocycles. The zero-order chi connectivity index (χ0) is 14.7. The van der Waals surface area contributed by atoms with Gasteiger partial charge in [0.15, 0.2) is 0 Å². The molecule has 0 aliphatic rings.